The Hall–Kier alpha value is -2.65. The molecular weight excluding hydrogens is 559 g/mol. The highest BCUT2D eigenvalue weighted by Gasteiger charge is 2.14. The fraction of sp³-hybridized carbons (Fsp3) is 0.0435. The van der Waals surface area contributed by atoms with Crippen LogP contribution < -0.4 is 15.0 Å². The van der Waals surface area contributed by atoms with Gasteiger partial charge in [-0.1, -0.05) is 28.1 Å². The average molecular weight is 573 g/mol. The molecule has 0 unspecified atom stereocenters. The highest BCUT2D eigenvalue weighted by Crippen LogP contribution is 2.33. The molecule has 5 rings (SSSR count). The molecule has 7 heteroatoms. The standard InChI is InChI=1S/C23H14BrIN2O3/c24-15-3-6-17(7-4-15)27-22(26-19-8-5-16(25)12-18(19)23(27)28)10-2-14-1-9-20-21(11-14)30-13-29-20/h1-12H,13H2. The lowest BCUT2D eigenvalue weighted by Crippen LogP contribution is -2.22. The Kier molecular flexibility index (Phi) is 5.08. The number of aromatic nitrogens is 2. The molecule has 148 valence electrons. The molecular formula is C23H14BrIN2O3. The Morgan fingerprint density at radius 2 is 1.77 bits per heavy atom. The summed E-state index contributed by atoms with van der Waals surface area (Å²) in [7, 11) is 0. The number of halogens is 2. The van der Waals surface area contributed by atoms with Crippen LogP contribution in [-0.2, 0) is 0 Å². The third-order valence-corrected chi connectivity index (χ3v) is 5.96. The van der Waals surface area contributed by atoms with Crippen LogP contribution in [0.1, 0.15) is 11.4 Å². The van der Waals surface area contributed by atoms with Gasteiger partial charge < -0.3 is 9.47 Å². The highest BCUT2D eigenvalue weighted by molar-refractivity contribution is 14.1. The lowest BCUT2D eigenvalue weighted by Gasteiger charge is -2.12. The van der Waals surface area contributed by atoms with E-state index in [2.05, 4.69) is 38.5 Å². The molecule has 30 heavy (non-hydrogen) atoms. The van der Waals surface area contributed by atoms with Crippen LogP contribution in [0.3, 0.4) is 0 Å². The lowest BCUT2D eigenvalue weighted by molar-refractivity contribution is 0.174. The number of rotatable bonds is 3. The van der Waals surface area contributed by atoms with E-state index in [0.29, 0.717) is 22.5 Å². The van der Waals surface area contributed by atoms with Gasteiger partial charge in [0.05, 0.1) is 16.6 Å². The zero-order valence-corrected chi connectivity index (χ0v) is 19.3. The van der Waals surface area contributed by atoms with Gasteiger partial charge in [0, 0.05) is 8.04 Å². The minimum Gasteiger partial charge on any atom is -0.454 e. The molecule has 1 aliphatic heterocycles. The van der Waals surface area contributed by atoms with Crippen molar-refractivity contribution in [1.29, 1.82) is 0 Å². The number of hydrogen-bond acceptors (Lipinski definition) is 4. The zero-order valence-electron chi connectivity index (χ0n) is 15.5. The van der Waals surface area contributed by atoms with Crippen LogP contribution in [0.15, 0.2) is 69.9 Å². The van der Waals surface area contributed by atoms with Crippen molar-refractivity contribution in [2.75, 3.05) is 6.79 Å². The van der Waals surface area contributed by atoms with E-state index in [1.54, 1.807) is 4.57 Å². The summed E-state index contributed by atoms with van der Waals surface area (Å²) in [6.45, 7) is 0.233. The normalized spacial score (nSPS) is 12.7. The first-order valence-corrected chi connectivity index (χ1v) is 11.0. The summed E-state index contributed by atoms with van der Waals surface area (Å²) in [6.07, 6.45) is 3.76. The Morgan fingerprint density at radius 3 is 2.60 bits per heavy atom. The van der Waals surface area contributed by atoms with Crippen LogP contribution in [0.25, 0.3) is 28.7 Å². The van der Waals surface area contributed by atoms with Crippen molar-refractivity contribution in [3.8, 4) is 17.2 Å². The molecule has 0 saturated carbocycles. The molecule has 0 spiro atoms. The fourth-order valence-electron chi connectivity index (χ4n) is 3.31. The van der Waals surface area contributed by atoms with Crippen molar-refractivity contribution in [3.63, 3.8) is 0 Å². The Labute approximate surface area is 194 Å². The second-order valence-electron chi connectivity index (χ2n) is 6.69. The number of benzene rings is 3. The van der Waals surface area contributed by atoms with Gasteiger partial charge in [0.2, 0.25) is 6.79 Å². The van der Waals surface area contributed by atoms with Gasteiger partial charge in [0.25, 0.3) is 5.56 Å². The van der Waals surface area contributed by atoms with E-state index in [-0.39, 0.29) is 12.4 Å². The van der Waals surface area contributed by atoms with Gasteiger partial charge in [0.15, 0.2) is 11.5 Å². The second kappa shape index (κ2) is 7.88. The van der Waals surface area contributed by atoms with Crippen LogP contribution in [-0.4, -0.2) is 16.3 Å². The summed E-state index contributed by atoms with van der Waals surface area (Å²) < 4.78 is 14.4. The first kappa shape index (κ1) is 19.3. The summed E-state index contributed by atoms with van der Waals surface area (Å²) in [6, 6.07) is 19.0. The fourth-order valence-corrected chi connectivity index (χ4v) is 4.07. The van der Waals surface area contributed by atoms with E-state index >= 15 is 0 Å². The molecule has 5 nitrogen and oxygen atoms in total. The summed E-state index contributed by atoms with van der Waals surface area (Å²) >= 11 is 5.65. The molecule has 0 radical (unpaired) electrons. The lowest BCUT2D eigenvalue weighted by atomic mass is 10.1. The minimum atomic E-state index is -0.105. The van der Waals surface area contributed by atoms with Gasteiger partial charge in [-0.3, -0.25) is 9.36 Å². The summed E-state index contributed by atoms with van der Waals surface area (Å²) in [5, 5.41) is 0.588. The molecule has 0 aliphatic carbocycles. The molecule has 0 amide bonds. The quantitative estimate of drug-likeness (QED) is 0.298. The van der Waals surface area contributed by atoms with Crippen molar-refractivity contribution in [1.82, 2.24) is 9.55 Å². The van der Waals surface area contributed by atoms with E-state index < -0.39 is 0 Å². The molecule has 0 N–H and O–H groups in total. The molecule has 0 bridgehead atoms. The van der Waals surface area contributed by atoms with Gasteiger partial charge in [-0.15, -0.1) is 0 Å². The van der Waals surface area contributed by atoms with E-state index in [4.69, 9.17) is 14.5 Å². The maximum absolute atomic E-state index is 13.4. The highest BCUT2D eigenvalue weighted by atomic mass is 127. The average Bonchev–Trinajstić information content (AvgIpc) is 3.22. The Morgan fingerprint density at radius 1 is 0.967 bits per heavy atom. The molecule has 1 aliphatic rings. The number of nitrogens with zero attached hydrogens (tertiary/aromatic N) is 2. The summed E-state index contributed by atoms with van der Waals surface area (Å²) in [4.78, 5) is 18.2. The zero-order chi connectivity index (χ0) is 20.7. The predicted octanol–water partition coefficient (Wildman–Crippen LogP) is 5.65. The third kappa shape index (κ3) is 3.63. The molecule has 0 fully saturated rings. The molecule has 4 aromatic rings. The SMILES string of the molecule is O=c1c2cc(I)ccc2nc(C=Cc2ccc3c(c2)OCO3)n1-c1ccc(Br)cc1. The topological polar surface area (TPSA) is 53.4 Å². The smallest absolute Gasteiger partial charge is 0.266 e. The Bertz CT molecular complexity index is 1360. The molecule has 0 saturated heterocycles. The predicted molar refractivity (Wildman–Crippen MR) is 129 cm³/mol. The van der Waals surface area contributed by atoms with Gasteiger partial charge in [-0.05, 0) is 88.8 Å². The molecule has 1 aromatic heterocycles. The van der Waals surface area contributed by atoms with Crippen LogP contribution >= 0.6 is 38.5 Å². The first-order valence-electron chi connectivity index (χ1n) is 9.14. The van der Waals surface area contributed by atoms with Gasteiger partial charge in [-0.2, -0.15) is 0 Å². The molecule has 2 heterocycles. The van der Waals surface area contributed by atoms with Crippen molar-refractivity contribution in [2.45, 2.75) is 0 Å². The number of ether oxygens (including phenoxy) is 2. The molecule has 3 aromatic carbocycles. The van der Waals surface area contributed by atoms with Gasteiger partial charge in [-0.25, -0.2) is 4.98 Å². The third-order valence-electron chi connectivity index (χ3n) is 4.76. The van der Waals surface area contributed by atoms with Crippen molar-refractivity contribution in [2.24, 2.45) is 0 Å². The minimum absolute atomic E-state index is 0.105. The van der Waals surface area contributed by atoms with Gasteiger partial charge >= 0.3 is 0 Å². The maximum atomic E-state index is 13.4. The van der Waals surface area contributed by atoms with E-state index in [0.717, 1.165) is 25.0 Å². The Balaban J connectivity index is 1.68. The van der Waals surface area contributed by atoms with Crippen LogP contribution in [0.5, 0.6) is 11.5 Å². The molecule has 0 atom stereocenters. The maximum Gasteiger partial charge on any atom is 0.266 e. The van der Waals surface area contributed by atoms with E-state index in [9.17, 15) is 4.79 Å². The number of fused-ring (bicyclic) bond motifs is 2. The summed E-state index contributed by atoms with van der Waals surface area (Å²) in [5.41, 5.74) is 2.24. The van der Waals surface area contributed by atoms with Crippen molar-refractivity contribution in [3.05, 3.63) is 90.4 Å². The van der Waals surface area contributed by atoms with E-state index in [1.165, 1.54) is 0 Å². The van der Waals surface area contributed by atoms with Gasteiger partial charge in [0.1, 0.15) is 5.82 Å². The first-order chi connectivity index (χ1) is 14.6. The monoisotopic (exact) mass is 572 g/mol. The van der Waals surface area contributed by atoms with Crippen LogP contribution in [0.4, 0.5) is 0 Å². The van der Waals surface area contributed by atoms with Crippen molar-refractivity contribution < 1.29 is 9.47 Å². The van der Waals surface area contributed by atoms with E-state index in [1.807, 2.05) is 72.8 Å². The van der Waals surface area contributed by atoms with Crippen LogP contribution in [0.2, 0.25) is 0 Å². The summed E-state index contributed by atoms with van der Waals surface area (Å²) in [5.74, 6) is 1.99. The number of hydrogen-bond donors (Lipinski definition) is 0. The second-order valence-corrected chi connectivity index (χ2v) is 8.86. The largest absolute Gasteiger partial charge is 0.454 e. The van der Waals surface area contributed by atoms with Crippen LogP contribution in [0, 0.1) is 3.57 Å². The van der Waals surface area contributed by atoms with Crippen molar-refractivity contribution >= 4 is 61.6 Å².